The molecule has 18 heavy (non-hydrogen) atoms. The van der Waals surface area contributed by atoms with Crippen LogP contribution >= 0.6 is 15.9 Å². The maximum absolute atomic E-state index is 6.25. The van der Waals surface area contributed by atoms with Crippen molar-refractivity contribution in [3.63, 3.8) is 0 Å². The average molecular weight is 312 g/mol. The van der Waals surface area contributed by atoms with Crippen LogP contribution in [0.25, 0.3) is 0 Å². The fourth-order valence-corrected chi connectivity index (χ4v) is 2.67. The van der Waals surface area contributed by atoms with E-state index in [0.29, 0.717) is 13.2 Å². The summed E-state index contributed by atoms with van der Waals surface area (Å²) in [4.78, 5) is 0. The lowest BCUT2D eigenvalue weighted by atomic mass is 9.97. The van der Waals surface area contributed by atoms with Gasteiger partial charge in [0, 0.05) is 11.0 Å². The SMILES string of the molecule is CC1(C)COc2cc(C3(N)CC3)cc(Br)c2OC1. The van der Waals surface area contributed by atoms with Crippen molar-refractivity contribution < 1.29 is 9.47 Å². The third kappa shape index (κ3) is 2.12. The van der Waals surface area contributed by atoms with E-state index in [0.717, 1.165) is 34.4 Å². The zero-order chi connectivity index (χ0) is 13.0. The lowest BCUT2D eigenvalue weighted by Crippen LogP contribution is -2.26. The third-order valence-electron chi connectivity index (χ3n) is 3.60. The molecule has 0 spiro atoms. The van der Waals surface area contributed by atoms with Gasteiger partial charge in [-0.05, 0) is 46.5 Å². The van der Waals surface area contributed by atoms with E-state index in [9.17, 15) is 0 Å². The van der Waals surface area contributed by atoms with Crippen LogP contribution in [0.4, 0.5) is 0 Å². The average Bonchev–Trinajstić information content (AvgIpc) is 3.05. The maximum Gasteiger partial charge on any atom is 0.175 e. The van der Waals surface area contributed by atoms with Gasteiger partial charge in [0.1, 0.15) is 0 Å². The van der Waals surface area contributed by atoms with Crippen LogP contribution < -0.4 is 15.2 Å². The monoisotopic (exact) mass is 311 g/mol. The molecule has 0 atom stereocenters. The summed E-state index contributed by atoms with van der Waals surface area (Å²) in [6.45, 7) is 5.59. The number of fused-ring (bicyclic) bond motifs is 1. The molecule has 1 fully saturated rings. The van der Waals surface area contributed by atoms with Gasteiger partial charge in [-0.15, -0.1) is 0 Å². The fraction of sp³-hybridized carbons (Fsp3) is 0.571. The molecule has 4 heteroatoms. The van der Waals surface area contributed by atoms with E-state index >= 15 is 0 Å². The van der Waals surface area contributed by atoms with Crippen LogP contribution in [0.3, 0.4) is 0 Å². The Hall–Kier alpha value is -0.740. The highest BCUT2D eigenvalue weighted by atomic mass is 79.9. The number of hydrogen-bond donors (Lipinski definition) is 1. The van der Waals surface area contributed by atoms with Crippen molar-refractivity contribution >= 4 is 15.9 Å². The smallest absolute Gasteiger partial charge is 0.175 e. The standard InChI is InChI=1S/C14H18BrNO2/c1-13(2)7-17-11-6-9(14(16)3-4-14)5-10(15)12(11)18-8-13/h5-6H,3-4,7-8,16H2,1-2H3. The van der Waals surface area contributed by atoms with Gasteiger partial charge in [-0.25, -0.2) is 0 Å². The minimum absolute atomic E-state index is 0.0264. The Morgan fingerprint density at radius 2 is 1.83 bits per heavy atom. The first-order chi connectivity index (χ1) is 8.40. The first-order valence-electron chi connectivity index (χ1n) is 6.28. The molecule has 1 aromatic rings. The number of halogens is 1. The van der Waals surface area contributed by atoms with Gasteiger partial charge in [0.15, 0.2) is 11.5 Å². The molecule has 98 valence electrons. The summed E-state index contributed by atoms with van der Waals surface area (Å²) in [7, 11) is 0. The van der Waals surface area contributed by atoms with Crippen molar-refractivity contribution in [2.24, 2.45) is 11.1 Å². The molecule has 1 aromatic carbocycles. The Balaban J connectivity index is 2.00. The van der Waals surface area contributed by atoms with Crippen molar-refractivity contribution in [1.29, 1.82) is 0 Å². The van der Waals surface area contributed by atoms with Gasteiger partial charge in [0.2, 0.25) is 0 Å². The number of benzene rings is 1. The van der Waals surface area contributed by atoms with Crippen LogP contribution in [-0.2, 0) is 5.54 Å². The lowest BCUT2D eigenvalue weighted by molar-refractivity contribution is 0.140. The van der Waals surface area contributed by atoms with Gasteiger partial charge in [0.25, 0.3) is 0 Å². The molecule has 0 unspecified atom stereocenters. The number of hydrogen-bond acceptors (Lipinski definition) is 3. The largest absolute Gasteiger partial charge is 0.489 e. The van der Waals surface area contributed by atoms with E-state index < -0.39 is 0 Å². The second-order valence-corrected chi connectivity index (χ2v) is 7.04. The Labute approximate surface area is 116 Å². The summed E-state index contributed by atoms with van der Waals surface area (Å²) in [5, 5.41) is 0. The molecule has 1 saturated carbocycles. The highest BCUT2D eigenvalue weighted by molar-refractivity contribution is 9.10. The summed E-state index contributed by atoms with van der Waals surface area (Å²) >= 11 is 3.56. The zero-order valence-corrected chi connectivity index (χ0v) is 12.3. The topological polar surface area (TPSA) is 44.5 Å². The zero-order valence-electron chi connectivity index (χ0n) is 10.8. The molecule has 3 nitrogen and oxygen atoms in total. The normalized spacial score (nSPS) is 23.3. The molecule has 1 aliphatic heterocycles. The molecule has 3 rings (SSSR count). The molecular weight excluding hydrogens is 294 g/mol. The molecule has 1 aliphatic carbocycles. The first kappa shape index (κ1) is 12.3. The summed E-state index contributed by atoms with van der Waals surface area (Å²) in [6.07, 6.45) is 2.09. The Kier molecular flexibility index (Phi) is 2.65. The lowest BCUT2D eigenvalue weighted by Gasteiger charge is -2.19. The van der Waals surface area contributed by atoms with Crippen molar-refractivity contribution in [2.75, 3.05) is 13.2 Å². The predicted octanol–water partition coefficient (Wildman–Crippen LogP) is 3.19. The van der Waals surface area contributed by atoms with E-state index in [2.05, 4.69) is 35.8 Å². The molecule has 2 aliphatic rings. The number of rotatable bonds is 1. The van der Waals surface area contributed by atoms with E-state index in [1.165, 1.54) is 0 Å². The highest BCUT2D eigenvalue weighted by Crippen LogP contribution is 2.48. The minimum atomic E-state index is -0.150. The maximum atomic E-state index is 6.25. The molecule has 0 amide bonds. The molecule has 0 saturated heterocycles. The van der Waals surface area contributed by atoms with E-state index in [4.69, 9.17) is 15.2 Å². The van der Waals surface area contributed by atoms with Crippen LogP contribution in [0.5, 0.6) is 11.5 Å². The van der Waals surface area contributed by atoms with E-state index in [-0.39, 0.29) is 11.0 Å². The predicted molar refractivity (Wildman–Crippen MR) is 74.0 cm³/mol. The van der Waals surface area contributed by atoms with Gasteiger partial charge >= 0.3 is 0 Å². The van der Waals surface area contributed by atoms with Gasteiger partial charge in [-0.2, -0.15) is 0 Å². The van der Waals surface area contributed by atoms with Crippen LogP contribution in [-0.4, -0.2) is 13.2 Å². The highest BCUT2D eigenvalue weighted by Gasteiger charge is 2.41. The summed E-state index contributed by atoms with van der Waals surface area (Å²) < 4.78 is 12.7. The summed E-state index contributed by atoms with van der Waals surface area (Å²) in [5.41, 5.74) is 7.26. The van der Waals surface area contributed by atoms with Gasteiger partial charge < -0.3 is 15.2 Å². The quantitative estimate of drug-likeness (QED) is 0.866. The Bertz CT molecular complexity index is 495. The molecule has 1 heterocycles. The van der Waals surface area contributed by atoms with Crippen LogP contribution in [0.2, 0.25) is 0 Å². The Morgan fingerprint density at radius 3 is 2.50 bits per heavy atom. The summed E-state index contributed by atoms with van der Waals surface area (Å²) in [6, 6.07) is 4.10. The minimum Gasteiger partial charge on any atom is -0.489 e. The van der Waals surface area contributed by atoms with Crippen molar-refractivity contribution in [2.45, 2.75) is 32.2 Å². The number of nitrogens with two attached hydrogens (primary N) is 1. The van der Waals surface area contributed by atoms with Crippen LogP contribution in [0, 0.1) is 5.41 Å². The first-order valence-corrected chi connectivity index (χ1v) is 7.08. The van der Waals surface area contributed by atoms with Crippen molar-refractivity contribution in [1.82, 2.24) is 0 Å². The van der Waals surface area contributed by atoms with Crippen LogP contribution in [0.1, 0.15) is 32.3 Å². The van der Waals surface area contributed by atoms with Crippen molar-refractivity contribution in [3.05, 3.63) is 22.2 Å². The van der Waals surface area contributed by atoms with E-state index in [1.54, 1.807) is 0 Å². The number of ether oxygens (including phenoxy) is 2. The summed E-state index contributed by atoms with van der Waals surface area (Å²) in [5.74, 6) is 1.61. The van der Waals surface area contributed by atoms with Gasteiger partial charge in [0.05, 0.1) is 17.7 Å². The van der Waals surface area contributed by atoms with Crippen molar-refractivity contribution in [3.8, 4) is 11.5 Å². The fourth-order valence-electron chi connectivity index (χ4n) is 2.11. The third-order valence-corrected chi connectivity index (χ3v) is 4.19. The molecule has 0 radical (unpaired) electrons. The van der Waals surface area contributed by atoms with E-state index in [1.807, 2.05) is 6.07 Å². The molecule has 0 aromatic heterocycles. The molecule has 0 bridgehead atoms. The molecule has 2 N–H and O–H groups in total. The van der Waals surface area contributed by atoms with Crippen LogP contribution in [0.15, 0.2) is 16.6 Å². The Morgan fingerprint density at radius 1 is 1.17 bits per heavy atom. The second-order valence-electron chi connectivity index (χ2n) is 6.18. The molecular formula is C14H18BrNO2. The van der Waals surface area contributed by atoms with Gasteiger partial charge in [-0.3, -0.25) is 0 Å². The second kappa shape index (κ2) is 3.87. The van der Waals surface area contributed by atoms with Gasteiger partial charge in [-0.1, -0.05) is 13.8 Å².